The zero-order valence-corrected chi connectivity index (χ0v) is 8.58. The van der Waals surface area contributed by atoms with Crippen LogP contribution in [0.2, 0.25) is 0 Å². The van der Waals surface area contributed by atoms with Crippen LogP contribution < -0.4 is 10.5 Å². The molecule has 2 aromatic heterocycles. The van der Waals surface area contributed by atoms with Crippen molar-refractivity contribution in [2.24, 2.45) is 12.8 Å². The molecule has 0 spiro atoms. The quantitative estimate of drug-likeness (QED) is 0.569. The molecule has 2 heterocycles. The summed E-state index contributed by atoms with van der Waals surface area (Å²) in [5, 5.41) is 11.3. The van der Waals surface area contributed by atoms with Crippen molar-refractivity contribution in [3.05, 3.63) is 30.5 Å². The third-order valence-corrected chi connectivity index (χ3v) is 1.82. The van der Waals surface area contributed by atoms with Gasteiger partial charge in [-0.1, -0.05) is 0 Å². The number of nitrogens with zero attached hydrogens (tertiary/aromatic N) is 4. The van der Waals surface area contributed by atoms with Gasteiger partial charge < -0.3 is 10.5 Å². The number of amidine groups is 1. The Labute approximate surface area is 91.4 Å². The number of hydrogen-bond acceptors (Lipinski definition) is 5. The third kappa shape index (κ3) is 1.97. The molecule has 2 rings (SSSR count). The molecule has 0 aromatic carbocycles. The van der Waals surface area contributed by atoms with Gasteiger partial charge in [-0.3, -0.25) is 10.1 Å². The Hall–Kier alpha value is -2.44. The first-order valence-corrected chi connectivity index (χ1v) is 4.48. The summed E-state index contributed by atoms with van der Waals surface area (Å²) in [7, 11) is 1.77. The third-order valence-electron chi connectivity index (χ3n) is 1.82. The summed E-state index contributed by atoms with van der Waals surface area (Å²) in [5.41, 5.74) is 5.57. The Morgan fingerprint density at radius 2 is 2.19 bits per heavy atom. The highest BCUT2D eigenvalue weighted by molar-refractivity contribution is 5.95. The van der Waals surface area contributed by atoms with E-state index < -0.39 is 0 Å². The van der Waals surface area contributed by atoms with Gasteiger partial charge in [0.15, 0.2) is 11.4 Å². The Kier molecular flexibility index (Phi) is 2.50. The molecule has 7 heteroatoms. The lowest BCUT2D eigenvalue weighted by atomic mass is 10.4. The van der Waals surface area contributed by atoms with E-state index in [4.69, 9.17) is 15.9 Å². The lowest BCUT2D eigenvalue weighted by Crippen LogP contribution is -2.14. The van der Waals surface area contributed by atoms with E-state index in [0.717, 1.165) is 0 Å². The molecular formula is C9H10N6O. The molecule has 16 heavy (non-hydrogen) atoms. The van der Waals surface area contributed by atoms with E-state index in [1.54, 1.807) is 24.1 Å². The summed E-state index contributed by atoms with van der Waals surface area (Å²) < 4.78 is 7.01. The molecule has 7 nitrogen and oxygen atoms in total. The maximum Gasteiger partial charge on any atom is 0.249 e. The highest BCUT2D eigenvalue weighted by Crippen LogP contribution is 2.19. The fourth-order valence-electron chi connectivity index (χ4n) is 1.15. The van der Waals surface area contributed by atoms with Gasteiger partial charge in [0.2, 0.25) is 5.88 Å². The second-order valence-electron chi connectivity index (χ2n) is 3.08. The van der Waals surface area contributed by atoms with Gasteiger partial charge in [-0.15, -0.1) is 0 Å². The van der Waals surface area contributed by atoms with Gasteiger partial charge in [-0.2, -0.15) is 5.10 Å². The molecule has 2 aromatic rings. The number of nitrogen functional groups attached to an aromatic ring is 1. The highest BCUT2D eigenvalue weighted by Gasteiger charge is 2.10. The first-order chi connectivity index (χ1) is 7.66. The number of nitrogens with one attached hydrogen (secondary N) is 1. The minimum atomic E-state index is -0.188. The average molecular weight is 218 g/mol. The van der Waals surface area contributed by atoms with Gasteiger partial charge in [-0.05, 0) is 0 Å². The van der Waals surface area contributed by atoms with E-state index in [-0.39, 0.29) is 17.4 Å². The number of hydrogen-bond donors (Lipinski definition) is 2. The monoisotopic (exact) mass is 218 g/mol. The van der Waals surface area contributed by atoms with E-state index in [0.29, 0.717) is 5.75 Å². The maximum absolute atomic E-state index is 7.32. The van der Waals surface area contributed by atoms with Gasteiger partial charge in [0.05, 0.1) is 12.4 Å². The van der Waals surface area contributed by atoms with Crippen molar-refractivity contribution < 1.29 is 4.74 Å². The van der Waals surface area contributed by atoms with Crippen molar-refractivity contribution in [3.8, 4) is 11.6 Å². The Morgan fingerprint density at radius 1 is 1.44 bits per heavy atom. The first-order valence-electron chi connectivity index (χ1n) is 4.48. The summed E-state index contributed by atoms with van der Waals surface area (Å²) in [4.78, 5) is 7.88. The van der Waals surface area contributed by atoms with Gasteiger partial charge in [0.1, 0.15) is 5.84 Å². The van der Waals surface area contributed by atoms with Crippen molar-refractivity contribution in [2.75, 3.05) is 0 Å². The van der Waals surface area contributed by atoms with Crippen LogP contribution in [-0.2, 0) is 7.05 Å². The van der Waals surface area contributed by atoms with Crippen LogP contribution in [0, 0.1) is 5.41 Å². The standard InChI is InChI=1S/C9H10N6O/c1-15-5-6(4-14-15)16-9-7(8(10)11)12-2-3-13-9/h2-5H,1H3,(H3,10,11). The van der Waals surface area contributed by atoms with Crippen LogP contribution >= 0.6 is 0 Å². The van der Waals surface area contributed by atoms with E-state index >= 15 is 0 Å². The number of aromatic nitrogens is 4. The Balaban J connectivity index is 2.31. The minimum absolute atomic E-state index is 0.188. The topological polar surface area (TPSA) is 103 Å². The van der Waals surface area contributed by atoms with Crippen molar-refractivity contribution in [1.29, 1.82) is 5.41 Å². The lowest BCUT2D eigenvalue weighted by Gasteiger charge is -2.04. The molecular weight excluding hydrogens is 208 g/mol. The number of rotatable bonds is 3. The predicted molar refractivity (Wildman–Crippen MR) is 56.3 cm³/mol. The smallest absolute Gasteiger partial charge is 0.249 e. The highest BCUT2D eigenvalue weighted by atomic mass is 16.5. The zero-order valence-electron chi connectivity index (χ0n) is 8.58. The maximum atomic E-state index is 7.32. The van der Waals surface area contributed by atoms with E-state index in [1.807, 2.05) is 0 Å². The van der Waals surface area contributed by atoms with Crippen LogP contribution in [0.15, 0.2) is 24.8 Å². The van der Waals surface area contributed by atoms with Gasteiger partial charge in [-0.25, -0.2) is 9.97 Å². The molecule has 0 aliphatic rings. The van der Waals surface area contributed by atoms with E-state index in [2.05, 4.69) is 15.1 Å². The fraction of sp³-hybridized carbons (Fsp3) is 0.111. The van der Waals surface area contributed by atoms with Crippen LogP contribution in [0.3, 0.4) is 0 Å². The van der Waals surface area contributed by atoms with Gasteiger partial charge in [0.25, 0.3) is 0 Å². The second-order valence-corrected chi connectivity index (χ2v) is 3.08. The molecule has 0 unspecified atom stereocenters. The molecule has 0 fully saturated rings. The summed E-state index contributed by atoms with van der Waals surface area (Å²) in [6.45, 7) is 0. The average Bonchev–Trinajstić information content (AvgIpc) is 2.64. The van der Waals surface area contributed by atoms with Crippen LogP contribution in [0.1, 0.15) is 5.69 Å². The molecule has 0 atom stereocenters. The van der Waals surface area contributed by atoms with Crippen molar-refractivity contribution in [1.82, 2.24) is 19.7 Å². The summed E-state index contributed by atoms with van der Waals surface area (Å²) in [5.74, 6) is 0.528. The first kappa shape index (κ1) is 10.1. The van der Waals surface area contributed by atoms with Gasteiger partial charge >= 0.3 is 0 Å². The predicted octanol–water partition coefficient (Wildman–Crippen LogP) is 0.286. The van der Waals surface area contributed by atoms with E-state index in [9.17, 15) is 0 Å². The normalized spacial score (nSPS) is 10.1. The largest absolute Gasteiger partial charge is 0.434 e. The van der Waals surface area contributed by atoms with Gasteiger partial charge in [0, 0.05) is 19.4 Å². The minimum Gasteiger partial charge on any atom is -0.434 e. The molecule has 0 saturated heterocycles. The van der Waals surface area contributed by atoms with Crippen LogP contribution in [0.5, 0.6) is 11.6 Å². The molecule has 3 N–H and O–H groups in total. The van der Waals surface area contributed by atoms with Crippen molar-refractivity contribution in [3.63, 3.8) is 0 Å². The SMILES string of the molecule is Cn1cc(Oc2nccnc2C(=N)N)cn1. The summed E-state index contributed by atoms with van der Waals surface area (Å²) in [6.07, 6.45) is 6.14. The molecule has 0 aliphatic carbocycles. The van der Waals surface area contributed by atoms with Crippen molar-refractivity contribution >= 4 is 5.84 Å². The van der Waals surface area contributed by atoms with E-state index in [1.165, 1.54) is 12.4 Å². The molecule has 0 saturated carbocycles. The molecule has 82 valence electrons. The number of aryl methyl sites for hydroxylation is 1. The second kappa shape index (κ2) is 3.97. The Bertz CT molecular complexity index is 520. The lowest BCUT2D eigenvalue weighted by molar-refractivity contribution is 0.458. The van der Waals surface area contributed by atoms with Crippen molar-refractivity contribution in [2.45, 2.75) is 0 Å². The van der Waals surface area contributed by atoms with Crippen LogP contribution in [-0.4, -0.2) is 25.6 Å². The summed E-state index contributed by atoms with van der Waals surface area (Å²) in [6, 6.07) is 0. The molecule has 0 radical (unpaired) electrons. The molecule has 0 bridgehead atoms. The van der Waals surface area contributed by atoms with Crippen LogP contribution in [0.25, 0.3) is 0 Å². The summed E-state index contributed by atoms with van der Waals surface area (Å²) >= 11 is 0. The fourth-order valence-corrected chi connectivity index (χ4v) is 1.15. The number of nitrogens with two attached hydrogens (primary N) is 1. The zero-order chi connectivity index (χ0) is 11.5. The molecule has 0 aliphatic heterocycles. The van der Waals surface area contributed by atoms with Crippen LogP contribution in [0.4, 0.5) is 0 Å². The Morgan fingerprint density at radius 3 is 2.81 bits per heavy atom. The number of ether oxygens (including phenoxy) is 1. The molecule has 0 amide bonds.